The third-order valence-corrected chi connectivity index (χ3v) is 3.53. The molecule has 0 spiro atoms. The highest BCUT2D eigenvalue weighted by atomic mass is 16.5. The lowest BCUT2D eigenvalue weighted by Crippen LogP contribution is -1.86. The smallest absolute Gasteiger partial charge is 0.160 e. The van der Waals surface area contributed by atoms with E-state index in [0.717, 1.165) is 16.6 Å². The first kappa shape index (κ1) is 14.7. The first-order chi connectivity index (χ1) is 11.1. The minimum absolute atomic E-state index is 0.0266. The molecule has 0 amide bonds. The number of methoxy groups -OCH3 is 1. The minimum atomic E-state index is 0.0266. The fourth-order valence-corrected chi connectivity index (χ4v) is 2.37. The molecule has 0 radical (unpaired) electrons. The summed E-state index contributed by atoms with van der Waals surface area (Å²) in [6.45, 7) is 2.00. The number of aryl methyl sites for hydroxylation is 1. The predicted octanol–water partition coefficient (Wildman–Crippen LogP) is 3.65. The van der Waals surface area contributed by atoms with Crippen molar-refractivity contribution in [1.29, 1.82) is 5.26 Å². The van der Waals surface area contributed by atoms with Crippen LogP contribution >= 0.6 is 0 Å². The van der Waals surface area contributed by atoms with Gasteiger partial charge in [-0.1, -0.05) is 12.1 Å². The second-order valence-electron chi connectivity index (χ2n) is 5.21. The van der Waals surface area contributed by atoms with E-state index in [-0.39, 0.29) is 5.75 Å². The number of aromatic nitrogens is 2. The van der Waals surface area contributed by atoms with Gasteiger partial charge in [0.2, 0.25) is 0 Å². The van der Waals surface area contributed by atoms with E-state index < -0.39 is 0 Å². The fourth-order valence-electron chi connectivity index (χ4n) is 2.37. The van der Waals surface area contributed by atoms with Gasteiger partial charge in [0.25, 0.3) is 0 Å². The second-order valence-corrected chi connectivity index (χ2v) is 5.21. The number of benzene rings is 2. The number of allylic oxidation sites excluding steroid dienone is 1. The van der Waals surface area contributed by atoms with E-state index in [0.29, 0.717) is 22.7 Å². The number of phenolic OH excluding ortho intramolecular Hbond substituents is 1. The lowest BCUT2D eigenvalue weighted by Gasteiger charge is -2.03. The van der Waals surface area contributed by atoms with Crippen LogP contribution in [-0.2, 0) is 0 Å². The predicted molar refractivity (Wildman–Crippen MR) is 89.0 cm³/mol. The van der Waals surface area contributed by atoms with Crippen LogP contribution in [0.5, 0.6) is 11.5 Å². The molecule has 114 valence electrons. The van der Waals surface area contributed by atoms with Crippen LogP contribution in [0.3, 0.4) is 0 Å². The van der Waals surface area contributed by atoms with E-state index in [2.05, 4.69) is 16.0 Å². The third-order valence-electron chi connectivity index (χ3n) is 3.53. The SMILES string of the molecule is COc1ccc(C=C(C#N)c2nc3ccc(C)cc3[nH]2)cc1O. The van der Waals surface area contributed by atoms with Crippen LogP contribution in [0.2, 0.25) is 0 Å². The lowest BCUT2D eigenvalue weighted by molar-refractivity contribution is 0.373. The third kappa shape index (κ3) is 2.87. The number of H-pyrrole nitrogens is 1. The van der Waals surface area contributed by atoms with Gasteiger partial charge in [-0.2, -0.15) is 5.26 Å². The molecule has 0 atom stereocenters. The molecule has 0 unspecified atom stereocenters. The molecule has 2 aromatic carbocycles. The Morgan fingerprint density at radius 1 is 1.30 bits per heavy atom. The summed E-state index contributed by atoms with van der Waals surface area (Å²) in [5.74, 6) is 0.919. The van der Waals surface area contributed by atoms with Crippen LogP contribution in [0.1, 0.15) is 17.0 Å². The van der Waals surface area contributed by atoms with Crippen molar-refractivity contribution in [3.05, 3.63) is 53.3 Å². The van der Waals surface area contributed by atoms with Gasteiger partial charge in [-0.05, 0) is 48.4 Å². The molecule has 5 heteroatoms. The van der Waals surface area contributed by atoms with Gasteiger partial charge >= 0.3 is 0 Å². The van der Waals surface area contributed by atoms with Crippen molar-refractivity contribution >= 4 is 22.7 Å². The van der Waals surface area contributed by atoms with E-state index >= 15 is 0 Å². The molecule has 5 nitrogen and oxygen atoms in total. The summed E-state index contributed by atoms with van der Waals surface area (Å²) >= 11 is 0. The molecular formula is C18H15N3O2. The van der Waals surface area contributed by atoms with E-state index in [1.54, 1.807) is 24.3 Å². The Balaban J connectivity index is 2.04. The Hall–Kier alpha value is -3.26. The molecule has 0 saturated heterocycles. The molecular weight excluding hydrogens is 290 g/mol. The normalized spacial score (nSPS) is 11.4. The average molecular weight is 305 g/mol. The number of nitrogens with zero attached hydrogens (tertiary/aromatic N) is 2. The van der Waals surface area contributed by atoms with E-state index in [9.17, 15) is 10.4 Å². The number of nitriles is 1. The van der Waals surface area contributed by atoms with E-state index in [4.69, 9.17) is 4.74 Å². The molecule has 0 aliphatic heterocycles. The Bertz CT molecular complexity index is 949. The summed E-state index contributed by atoms with van der Waals surface area (Å²) in [5.41, 5.74) is 3.90. The van der Waals surface area contributed by atoms with Crippen molar-refractivity contribution in [2.75, 3.05) is 7.11 Å². The van der Waals surface area contributed by atoms with Gasteiger partial charge in [0.15, 0.2) is 11.5 Å². The molecule has 3 rings (SSSR count). The number of aromatic hydroxyl groups is 1. The Morgan fingerprint density at radius 2 is 2.13 bits per heavy atom. The molecule has 1 aromatic heterocycles. The van der Waals surface area contributed by atoms with Crippen LogP contribution in [0.15, 0.2) is 36.4 Å². The van der Waals surface area contributed by atoms with Crippen molar-refractivity contribution in [2.24, 2.45) is 0 Å². The number of nitrogens with one attached hydrogen (secondary N) is 1. The van der Waals surface area contributed by atoms with E-state index in [1.165, 1.54) is 7.11 Å². The number of ether oxygens (including phenoxy) is 1. The molecule has 23 heavy (non-hydrogen) atoms. The molecule has 2 N–H and O–H groups in total. The van der Waals surface area contributed by atoms with Crippen LogP contribution in [0.25, 0.3) is 22.7 Å². The summed E-state index contributed by atoms with van der Waals surface area (Å²) < 4.78 is 5.01. The maximum Gasteiger partial charge on any atom is 0.160 e. The quantitative estimate of drug-likeness (QED) is 0.724. The van der Waals surface area contributed by atoms with Gasteiger partial charge in [0.05, 0.1) is 23.7 Å². The Labute approximate surface area is 133 Å². The number of rotatable bonds is 3. The summed E-state index contributed by atoms with van der Waals surface area (Å²) in [6.07, 6.45) is 1.67. The maximum atomic E-state index is 9.83. The average Bonchev–Trinajstić information content (AvgIpc) is 2.95. The zero-order valence-electron chi connectivity index (χ0n) is 12.8. The Morgan fingerprint density at radius 3 is 2.83 bits per heavy atom. The molecule has 1 heterocycles. The fraction of sp³-hybridized carbons (Fsp3) is 0.111. The van der Waals surface area contributed by atoms with Gasteiger partial charge in [-0.3, -0.25) is 0 Å². The molecule has 0 bridgehead atoms. The molecule has 3 aromatic rings. The molecule has 0 aliphatic carbocycles. The molecule has 0 aliphatic rings. The van der Waals surface area contributed by atoms with Crippen LogP contribution in [-0.4, -0.2) is 22.2 Å². The van der Waals surface area contributed by atoms with Gasteiger partial charge in [0.1, 0.15) is 11.9 Å². The minimum Gasteiger partial charge on any atom is -0.504 e. The summed E-state index contributed by atoms with van der Waals surface area (Å²) in [6, 6.07) is 13.0. The molecule has 0 saturated carbocycles. The highest BCUT2D eigenvalue weighted by Gasteiger charge is 2.09. The number of imidazole rings is 1. The van der Waals surface area contributed by atoms with Gasteiger partial charge < -0.3 is 14.8 Å². The monoisotopic (exact) mass is 305 g/mol. The lowest BCUT2D eigenvalue weighted by atomic mass is 10.1. The number of aromatic amines is 1. The largest absolute Gasteiger partial charge is 0.504 e. The molecule has 0 fully saturated rings. The van der Waals surface area contributed by atoms with Crippen molar-refractivity contribution in [2.45, 2.75) is 6.92 Å². The zero-order chi connectivity index (χ0) is 16.4. The maximum absolute atomic E-state index is 9.83. The number of fused-ring (bicyclic) bond motifs is 1. The highest BCUT2D eigenvalue weighted by molar-refractivity contribution is 5.90. The number of phenols is 1. The first-order valence-electron chi connectivity index (χ1n) is 7.06. The van der Waals surface area contributed by atoms with Crippen LogP contribution in [0.4, 0.5) is 0 Å². The Kier molecular flexibility index (Phi) is 3.73. The first-order valence-corrected chi connectivity index (χ1v) is 7.06. The number of hydrogen-bond acceptors (Lipinski definition) is 4. The topological polar surface area (TPSA) is 81.9 Å². The van der Waals surface area contributed by atoms with Crippen molar-refractivity contribution in [3.63, 3.8) is 0 Å². The van der Waals surface area contributed by atoms with Gasteiger partial charge in [-0.25, -0.2) is 4.98 Å². The van der Waals surface area contributed by atoms with Crippen LogP contribution in [0, 0.1) is 18.3 Å². The summed E-state index contributed by atoms with van der Waals surface area (Å²) in [5, 5.41) is 19.3. The van der Waals surface area contributed by atoms with Gasteiger partial charge in [0, 0.05) is 0 Å². The van der Waals surface area contributed by atoms with E-state index in [1.807, 2.05) is 25.1 Å². The summed E-state index contributed by atoms with van der Waals surface area (Å²) in [4.78, 5) is 7.60. The second kappa shape index (κ2) is 5.85. The summed E-state index contributed by atoms with van der Waals surface area (Å²) in [7, 11) is 1.49. The van der Waals surface area contributed by atoms with Crippen molar-refractivity contribution in [1.82, 2.24) is 9.97 Å². The standard InChI is InChI=1S/C18H15N3O2/c1-11-3-5-14-15(7-11)21-18(20-14)13(10-19)8-12-4-6-17(23-2)16(22)9-12/h3-9,22H,1-2H3,(H,20,21). The van der Waals surface area contributed by atoms with Crippen LogP contribution < -0.4 is 4.74 Å². The van der Waals surface area contributed by atoms with Gasteiger partial charge in [-0.15, -0.1) is 0 Å². The number of hydrogen-bond donors (Lipinski definition) is 2. The zero-order valence-corrected chi connectivity index (χ0v) is 12.8. The highest BCUT2D eigenvalue weighted by Crippen LogP contribution is 2.28. The van der Waals surface area contributed by atoms with Crippen molar-refractivity contribution in [3.8, 4) is 17.6 Å². The van der Waals surface area contributed by atoms with Crippen molar-refractivity contribution < 1.29 is 9.84 Å².